The van der Waals surface area contributed by atoms with Gasteiger partial charge in [-0.05, 0) is 43.2 Å². The summed E-state index contributed by atoms with van der Waals surface area (Å²) in [5, 5.41) is 0. The van der Waals surface area contributed by atoms with Crippen molar-refractivity contribution in [1.29, 1.82) is 0 Å². The summed E-state index contributed by atoms with van der Waals surface area (Å²) in [4.78, 5) is 24.7. The van der Waals surface area contributed by atoms with Gasteiger partial charge in [-0.3, -0.25) is 9.59 Å². The van der Waals surface area contributed by atoms with Crippen LogP contribution in [-0.4, -0.2) is 18.5 Å². The third-order valence-corrected chi connectivity index (χ3v) is 5.49. The first-order chi connectivity index (χ1) is 15.8. The van der Waals surface area contributed by atoms with Gasteiger partial charge in [-0.15, -0.1) is 0 Å². The van der Waals surface area contributed by atoms with E-state index in [-0.39, 0.29) is 23.4 Å². The van der Waals surface area contributed by atoms with Crippen LogP contribution in [0.1, 0.15) is 112 Å². The molecule has 0 unspecified atom stereocenters. The Bertz CT molecular complexity index is 681. The van der Waals surface area contributed by atoms with Gasteiger partial charge in [0, 0.05) is 12.8 Å². The maximum Gasteiger partial charge on any atom is 0.311 e. The highest BCUT2D eigenvalue weighted by atomic mass is 16.6. The fourth-order valence-electron chi connectivity index (χ4n) is 3.36. The molecule has 0 aliphatic carbocycles. The van der Waals surface area contributed by atoms with E-state index in [1.165, 1.54) is 38.5 Å². The summed E-state index contributed by atoms with van der Waals surface area (Å²) in [6.45, 7) is 11.0. The molecule has 5 heteroatoms. The topological polar surface area (TPSA) is 61.8 Å². The molecular formula is C28H46O5. The van der Waals surface area contributed by atoms with Crippen molar-refractivity contribution in [3.63, 3.8) is 0 Å². The molecular weight excluding hydrogens is 416 g/mol. The molecule has 0 amide bonds. The molecule has 0 radical (unpaired) electrons. The van der Waals surface area contributed by atoms with Crippen LogP contribution < -0.4 is 14.2 Å². The van der Waals surface area contributed by atoms with Gasteiger partial charge in [-0.1, -0.05) is 85.6 Å². The number of ether oxygens (including phenoxy) is 3. The van der Waals surface area contributed by atoms with Crippen molar-refractivity contribution in [3.05, 3.63) is 18.2 Å². The Morgan fingerprint density at radius 2 is 1.24 bits per heavy atom. The lowest BCUT2D eigenvalue weighted by Gasteiger charge is -2.16. The smallest absolute Gasteiger partial charge is 0.311 e. The van der Waals surface area contributed by atoms with Gasteiger partial charge in [0.05, 0.1) is 6.61 Å². The zero-order valence-electron chi connectivity index (χ0n) is 21.6. The zero-order chi connectivity index (χ0) is 24.5. The molecule has 0 heterocycles. The van der Waals surface area contributed by atoms with E-state index in [4.69, 9.17) is 14.2 Å². The van der Waals surface area contributed by atoms with Gasteiger partial charge < -0.3 is 14.2 Å². The Morgan fingerprint density at radius 3 is 1.82 bits per heavy atom. The van der Waals surface area contributed by atoms with Crippen LogP contribution >= 0.6 is 0 Å². The van der Waals surface area contributed by atoms with E-state index in [0.717, 1.165) is 25.7 Å². The number of carbonyl (C=O) groups excluding carboxylic acids is 2. The van der Waals surface area contributed by atoms with Crippen molar-refractivity contribution in [2.45, 2.75) is 112 Å². The van der Waals surface area contributed by atoms with E-state index in [9.17, 15) is 9.59 Å². The van der Waals surface area contributed by atoms with Crippen molar-refractivity contribution < 1.29 is 23.8 Å². The molecule has 0 aliphatic heterocycles. The van der Waals surface area contributed by atoms with E-state index in [1.54, 1.807) is 18.2 Å². The van der Waals surface area contributed by atoms with Crippen molar-refractivity contribution in [1.82, 2.24) is 0 Å². The fraction of sp³-hybridized carbons (Fsp3) is 0.714. The summed E-state index contributed by atoms with van der Waals surface area (Å²) >= 11 is 0. The molecule has 33 heavy (non-hydrogen) atoms. The summed E-state index contributed by atoms with van der Waals surface area (Å²) in [6, 6.07) is 5.18. The average Bonchev–Trinajstić information content (AvgIpc) is 2.77. The number of hydrogen-bond donors (Lipinski definition) is 0. The van der Waals surface area contributed by atoms with Gasteiger partial charge in [-0.25, -0.2) is 0 Å². The molecule has 5 nitrogen and oxygen atoms in total. The predicted octanol–water partition coefficient (Wildman–Crippen LogP) is 7.89. The fourth-order valence-corrected chi connectivity index (χ4v) is 3.36. The van der Waals surface area contributed by atoms with Gasteiger partial charge >= 0.3 is 11.9 Å². The molecule has 1 aromatic carbocycles. The van der Waals surface area contributed by atoms with Crippen LogP contribution in [0, 0.1) is 11.8 Å². The first kappa shape index (κ1) is 29.0. The Morgan fingerprint density at radius 1 is 0.727 bits per heavy atom. The van der Waals surface area contributed by atoms with Crippen molar-refractivity contribution in [2.24, 2.45) is 11.8 Å². The van der Waals surface area contributed by atoms with Crippen LogP contribution in [0.3, 0.4) is 0 Å². The standard InChI is InChI=1S/C28H46O5/c1-6-7-8-9-10-11-12-13-21-31-24-15-14-16-25(32-26(29)19-17-22(2)3)28(24)33-27(30)20-18-23(4)5/h14-16,22-23H,6-13,17-21H2,1-5H3. The van der Waals surface area contributed by atoms with Crippen molar-refractivity contribution in [2.75, 3.05) is 6.61 Å². The van der Waals surface area contributed by atoms with E-state index in [1.807, 2.05) is 0 Å². The highest BCUT2D eigenvalue weighted by Crippen LogP contribution is 2.38. The zero-order valence-corrected chi connectivity index (χ0v) is 21.6. The summed E-state index contributed by atoms with van der Waals surface area (Å²) in [7, 11) is 0. The van der Waals surface area contributed by atoms with Crippen LogP contribution in [0.15, 0.2) is 18.2 Å². The van der Waals surface area contributed by atoms with Crippen LogP contribution in [-0.2, 0) is 9.59 Å². The first-order valence-electron chi connectivity index (χ1n) is 13.0. The lowest BCUT2D eigenvalue weighted by molar-refractivity contribution is -0.137. The lowest BCUT2D eigenvalue weighted by Crippen LogP contribution is -2.14. The molecule has 188 valence electrons. The molecule has 1 rings (SSSR count). The quantitative estimate of drug-likeness (QED) is 0.126. The van der Waals surface area contributed by atoms with E-state index in [2.05, 4.69) is 34.6 Å². The monoisotopic (exact) mass is 462 g/mol. The number of hydrogen-bond acceptors (Lipinski definition) is 5. The molecule has 0 aliphatic rings. The minimum atomic E-state index is -0.341. The molecule has 0 spiro atoms. The SMILES string of the molecule is CCCCCCCCCCOc1cccc(OC(=O)CCC(C)C)c1OC(=O)CCC(C)C. The summed E-state index contributed by atoms with van der Waals surface area (Å²) in [5.74, 6) is 1.05. The number of rotatable bonds is 18. The molecule has 0 saturated heterocycles. The van der Waals surface area contributed by atoms with Gasteiger partial charge in [-0.2, -0.15) is 0 Å². The Kier molecular flexibility index (Phi) is 15.3. The average molecular weight is 463 g/mol. The number of unbranched alkanes of at least 4 members (excludes halogenated alkanes) is 7. The predicted molar refractivity (Wildman–Crippen MR) is 134 cm³/mol. The molecule has 1 aromatic rings. The maximum atomic E-state index is 12.4. The molecule has 0 N–H and O–H groups in total. The second kappa shape index (κ2) is 17.4. The van der Waals surface area contributed by atoms with E-state index in [0.29, 0.717) is 37.0 Å². The Balaban J connectivity index is 2.71. The van der Waals surface area contributed by atoms with E-state index >= 15 is 0 Å². The Labute approximate surface area is 201 Å². The van der Waals surface area contributed by atoms with E-state index < -0.39 is 0 Å². The minimum absolute atomic E-state index is 0.212. The number of carbonyl (C=O) groups is 2. The van der Waals surface area contributed by atoms with Crippen LogP contribution in [0.4, 0.5) is 0 Å². The number of benzene rings is 1. The summed E-state index contributed by atoms with van der Waals surface area (Å²) in [5.41, 5.74) is 0. The maximum absolute atomic E-state index is 12.4. The molecule has 0 atom stereocenters. The van der Waals surface area contributed by atoms with Crippen LogP contribution in [0.2, 0.25) is 0 Å². The minimum Gasteiger partial charge on any atom is -0.490 e. The van der Waals surface area contributed by atoms with Crippen LogP contribution in [0.5, 0.6) is 17.2 Å². The first-order valence-corrected chi connectivity index (χ1v) is 13.0. The summed E-state index contributed by atoms with van der Waals surface area (Å²) < 4.78 is 17.2. The van der Waals surface area contributed by atoms with Gasteiger partial charge in [0.2, 0.25) is 5.75 Å². The van der Waals surface area contributed by atoms with Gasteiger partial charge in [0.15, 0.2) is 11.5 Å². The molecule has 0 bridgehead atoms. The highest BCUT2D eigenvalue weighted by Gasteiger charge is 2.19. The molecule has 0 fully saturated rings. The third-order valence-electron chi connectivity index (χ3n) is 5.49. The third kappa shape index (κ3) is 14.0. The van der Waals surface area contributed by atoms with Crippen LogP contribution in [0.25, 0.3) is 0 Å². The van der Waals surface area contributed by atoms with Crippen molar-refractivity contribution in [3.8, 4) is 17.2 Å². The normalized spacial score (nSPS) is 11.1. The highest BCUT2D eigenvalue weighted by molar-refractivity contribution is 5.77. The lowest BCUT2D eigenvalue weighted by atomic mass is 10.1. The summed E-state index contributed by atoms with van der Waals surface area (Å²) in [6.07, 6.45) is 11.8. The van der Waals surface area contributed by atoms with Gasteiger partial charge in [0.1, 0.15) is 0 Å². The van der Waals surface area contributed by atoms with Gasteiger partial charge in [0.25, 0.3) is 0 Å². The second-order valence-corrected chi connectivity index (χ2v) is 9.72. The van der Waals surface area contributed by atoms with Crippen molar-refractivity contribution >= 4 is 11.9 Å². The number of esters is 2. The largest absolute Gasteiger partial charge is 0.490 e. The second-order valence-electron chi connectivity index (χ2n) is 9.72. The molecule has 0 saturated carbocycles. The number of para-hydroxylation sites is 1. The Hall–Kier alpha value is -2.04. The molecule has 0 aromatic heterocycles.